The van der Waals surface area contributed by atoms with E-state index in [0.29, 0.717) is 23.5 Å². The predicted molar refractivity (Wildman–Crippen MR) is 76.6 cm³/mol. The molecule has 0 aliphatic rings. The van der Waals surface area contributed by atoms with Crippen LogP contribution in [0.4, 0.5) is 0 Å². The Morgan fingerprint density at radius 1 is 1.16 bits per heavy atom. The minimum absolute atomic E-state index is 0.316. The number of para-hydroxylation sites is 1. The first-order valence-corrected chi connectivity index (χ1v) is 6.66. The third-order valence-electron chi connectivity index (χ3n) is 2.82. The average molecular weight is 277 g/mol. The van der Waals surface area contributed by atoms with E-state index in [0.717, 1.165) is 17.0 Å². The Morgan fingerprint density at radius 3 is 2.42 bits per heavy atom. The van der Waals surface area contributed by atoms with Gasteiger partial charge in [0.15, 0.2) is 5.82 Å². The number of hydrogen-bond acceptors (Lipinski definition) is 3. The zero-order chi connectivity index (χ0) is 13.8. The third kappa shape index (κ3) is 3.44. The number of rotatable bonds is 4. The van der Waals surface area contributed by atoms with Crippen LogP contribution < -0.4 is 4.74 Å². The second-order valence-electron chi connectivity index (χ2n) is 4.69. The molecule has 0 radical (unpaired) electrons. The van der Waals surface area contributed by atoms with E-state index in [2.05, 4.69) is 23.8 Å². The lowest BCUT2D eigenvalue weighted by atomic mass is 10.0. The Balaban J connectivity index is 2.14. The molecular formula is C15H17ClN2O. The summed E-state index contributed by atoms with van der Waals surface area (Å²) in [7, 11) is 0. The molecule has 4 heteroatoms. The fourth-order valence-electron chi connectivity index (χ4n) is 1.99. The Morgan fingerprint density at radius 2 is 1.84 bits per heavy atom. The quantitative estimate of drug-likeness (QED) is 0.787. The smallest absolute Gasteiger partial charge is 0.167 e. The fourth-order valence-corrected chi connectivity index (χ4v) is 2.44. The molecule has 0 fully saturated rings. The monoisotopic (exact) mass is 276 g/mol. The van der Waals surface area contributed by atoms with Gasteiger partial charge in [0.2, 0.25) is 0 Å². The van der Waals surface area contributed by atoms with Crippen LogP contribution in [-0.4, -0.2) is 9.97 Å². The first kappa shape index (κ1) is 13.8. The standard InChI is InChI=1S/C15H17ClN2O/c1-10(2)14-11(3)17-13(18-15(14)16)9-19-12-7-5-4-6-8-12/h4-8,10H,9H2,1-3H3. The lowest BCUT2D eigenvalue weighted by Gasteiger charge is -2.12. The number of nitrogens with zero attached hydrogens (tertiary/aromatic N) is 2. The maximum absolute atomic E-state index is 6.20. The van der Waals surface area contributed by atoms with Gasteiger partial charge in [-0.3, -0.25) is 0 Å². The number of halogens is 1. The lowest BCUT2D eigenvalue weighted by Crippen LogP contribution is -2.07. The molecule has 0 aliphatic carbocycles. The Hall–Kier alpha value is -1.61. The zero-order valence-electron chi connectivity index (χ0n) is 11.4. The van der Waals surface area contributed by atoms with Crippen molar-refractivity contribution < 1.29 is 4.74 Å². The number of ether oxygens (including phenoxy) is 1. The average Bonchev–Trinajstić information content (AvgIpc) is 2.36. The van der Waals surface area contributed by atoms with Gasteiger partial charge in [-0.2, -0.15) is 0 Å². The van der Waals surface area contributed by atoms with Crippen LogP contribution in [-0.2, 0) is 6.61 Å². The normalized spacial score (nSPS) is 10.8. The summed E-state index contributed by atoms with van der Waals surface area (Å²) in [6, 6.07) is 9.60. The molecule has 0 saturated heterocycles. The number of hydrogen-bond donors (Lipinski definition) is 0. The molecule has 100 valence electrons. The second-order valence-corrected chi connectivity index (χ2v) is 5.04. The van der Waals surface area contributed by atoms with E-state index in [1.807, 2.05) is 37.3 Å². The summed E-state index contributed by atoms with van der Waals surface area (Å²) < 4.78 is 5.62. The van der Waals surface area contributed by atoms with Gasteiger partial charge in [-0.05, 0) is 25.0 Å². The molecule has 0 atom stereocenters. The van der Waals surface area contributed by atoms with Crippen molar-refractivity contribution in [2.45, 2.75) is 33.3 Å². The highest BCUT2D eigenvalue weighted by atomic mass is 35.5. The number of benzene rings is 1. The van der Waals surface area contributed by atoms with Gasteiger partial charge in [0.05, 0.1) is 0 Å². The topological polar surface area (TPSA) is 35.0 Å². The molecule has 0 aliphatic heterocycles. The molecular weight excluding hydrogens is 260 g/mol. The summed E-state index contributed by atoms with van der Waals surface area (Å²) in [5.74, 6) is 1.72. The van der Waals surface area contributed by atoms with Gasteiger partial charge >= 0.3 is 0 Å². The van der Waals surface area contributed by atoms with Crippen LogP contribution in [0.1, 0.15) is 36.8 Å². The maximum atomic E-state index is 6.20. The SMILES string of the molecule is Cc1nc(COc2ccccc2)nc(Cl)c1C(C)C. The first-order chi connectivity index (χ1) is 9.08. The molecule has 3 nitrogen and oxygen atoms in total. The minimum atomic E-state index is 0.316. The van der Waals surface area contributed by atoms with Crippen LogP contribution >= 0.6 is 11.6 Å². The molecule has 2 rings (SSSR count). The van der Waals surface area contributed by atoms with Gasteiger partial charge in [0, 0.05) is 11.3 Å². The summed E-state index contributed by atoms with van der Waals surface area (Å²) in [5, 5.41) is 0.522. The molecule has 1 aromatic heterocycles. The Labute approximate surface area is 118 Å². The van der Waals surface area contributed by atoms with Crippen molar-refractivity contribution in [3.8, 4) is 5.75 Å². The molecule has 0 unspecified atom stereocenters. The van der Waals surface area contributed by atoms with Gasteiger partial charge in [-0.15, -0.1) is 0 Å². The molecule has 0 amide bonds. The maximum Gasteiger partial charge on any atom is 0.167 e. The highest BCUT2D eigenvalue weighted by Crippen LogP contribution is 2.25. The fraction of sp³-hybridized carbons (Fsp3) is 0.333. The summed E-state index contributed by atoms with van der Waals surface area (Å²) in [5.41, 5.74) is 1.92. The van der Waals surface area contributed by atoms with E-state index in [1.54, 1.807) is 0 Å². The second kappa shape index (κ2) is 6.02. The van der Waals surface area contributed by atoms with Gasteiger partial charge in [-0.25, -0.2) is 9.97 Å². The van der Waals surface area contributed by atoms with Crippen LogP contribution in [0.25, 0.3) is 0 Å². The largest absolute Gasteiger partial charge is 0.486 e. The van der Waals surface area contributed by atoms with Gasteiger partial charge < -0.3 is 4.74 Å². The van der Waals surface area contributed by atoms with Gasteiger partial charge in [0.25, 0.3) is 0 Å². The van der Waals surface area contributed by atoms with E-state index in [1.165, 1.54) is 0 Å². The van der Waals surface area contributed by atoms with Crippen LogP contribution in [0.2, 0.25) is 5.15 Å². The molecule has 19 heavy (non-hydrogen) atoms. The molecule has 2 aromatic rings. The third-order valence-corrected chi connectivity index (χ3v) is 3.11. The summed E-state index contributed by atoms with van der Waals surface area (Å²) in [6.07, 6.45) is 0. The van der Waals surface area contributed by atoms with Crippen LogP contribution in [0, 0.1) is 6.92 Å². The van der Waals surface area contributed by atoms with E-state index < -0.39 is 0 Å². The minimum Gasteiger partial charge on any atom is -0.486 e. The van der Waals surface area contributed by atoms with Gasteiger partial charge in [-0.1, -0.05) is 43.6 Å². The Bertz CT molecular complexity index is 532. The van der Waals surface area contributed by atoms with Crippen molar-refractivity contribution >= 4 is 11.6 Å². The van der Waals surface area contributed by atoms with Crippen LogP contribution in [0.3, 0.4) is 0 Å². The number of aryl methyl sites for hydroxylation is 1. The molecule has 0 bridgehead atoms. The predicted octanol–water partition coefficient (Wildman–Crippen LogP) is 4.14. The van der Waals surface area contributed by atoms with Crippen molar-refractivity contribution in [3.05, 3.63) is 52.6 Å². The van der Waals surface area contributed by atoms with Crippen molar-refractivity contribution in [2.24, 2.45) is 0 Å². The molecule has 0 N–H and O–H groups in total. The van der Waals surface area contributed by atoms with Crippen LogP contribution in [0.15, 0.2) is 30.3 Å². The summed E-state index contributed by atoms with van der Waals surface area (Å²) in [6.45, 7) is 6.44. The molecule has 0 spiro atoms. The van der Waals surface area contributed by atoms with E-state index >= 15 is 0 Å². The van der Waals surface area contributed by atoms with Crippen molar-refractivity contribution in [3.63, 3.8) is 0 Å². The van der Waals surface area contributed by atoms with E-state index in [-0.39, 0.29) is 0 Å². The van der Waals surface area contributed by atoms with E-state index in [9.17, 15) is 0 Å². The first-order valence-electron chi connectivity index (χ1n) is 6.28. The number of aromatic nitrogens is 2. The highest BCUT2D eigenvalue weighted by molar-refractivity contribution is 6.30. The lowest BCUT2D eigenvalue weighted by molar-refractivity contribution is 0.295. The zero-order valence-corrected chi connectivity index (χ0v) is 12.1. The molecule has 1 heterocycles. The van der Waals surface area contributed by atoms with Crippen LogP contribution in [0.5, 0.6) is 5.75 Å². The summed E-state index contributed by atoms with van der Waals surface area (Å²) in [4.78, 5) is 8.75. The van der Waals surface area contributed by atoms with Gasteiger partial charge in [0.1, 0.15) is 17.5 Å². The van der Waals surface area contributed by atoms with E-state index in [4.69, 9.17) is 16.3 Å². The Kier molecular flexibility index (Phi) is 4.38. The molecule has 0 saturated carbocycles. The highest BCUT2D eigenvalue weighted by Gasteiger charge is 2.13. The summed E-state index contributed by atoms with van der Waals surface area (Å²) >= 11 is 6.20. The van der Waals surface area contributed by atoms with Crippen molar-refractivity contribution in [1.82, 2.24) is 9.97 Å². The van der Waals surface area contributed by atoms with Crippen molar-refractivity contribution in [2.75, 3.05) is 0 Å². The molecule has 1 aromatic carbocycles. The van der Waals surface area contributed by atoms with Crippen molar-refractivity contribution in [1.29, 1.82) is 0 Å².